The van der Waals surface area contributed by atoms with Crippen LogP contribution in [0.25, 0.3) is 0 Å². The molecule has 0 bridgehead atoms. The molecule has 0 saturated heterocycles. The van der Waals surface area contributed by atoms with Crippen LogP contribution in [0, 0.1) is 0 Å². The summed E-state index contributed by atoms with van der Waals surface area (Å²) in [5, 5.41) is 0. The highest BCUT2D eigenvalue weighted by molar-refractivity contribution is 4.85. The van der Waals surface area contributed by atoms with Crippen LogP contribution in [0.4, 0.5) is 48.3 Å². The second kappa shape index (κ2) is 5.26. The average Bonchev–Trinajstić information content (AvgIpc) is 2.13. The maximum atomic E-state index is 12.7. The van der Waals surface area contributed by atoms with Crippen LogP contribution in [0.1, 0.15) is 0 Å². The summed E-state index contributed by atoms with van der Waals surface area (Å²) in [6.07, 6.45) is -13.0. The number of alkyl halides is 11. The smallest absolute Gasteiger partial charge is 0.282 e. The normalized spacial score (nSPS) is 15.2. The van der Waals surface area contributed by atoms with Crippen molar-refractivity contribution in [2.24, 2.45) is 0 Å². The maximum Gasteiger partial charge on any atom is 0.469 e. The molecule has 0 amide bonds. The lowest BCUT2D eigenvalue weighted by molar-refractivity contribution is -0.483. The molecule has 0 aliphatic heterocycles. The fraction of sp³-hybridized carbons (Fsp3) is 1.00. The lowest BCUT2D eigenvalue weighted by Crippen LogP contribution is -2.67. The second-order valence-corrected chi connectivity index (χ2v) is 2.91. The molecule has 0 aliphatic carbocycles. The summed E-state index contributed by atoms with van der Waals surface area (Å²) in [6.45, 7) is -6.02. The highest BCUT2D eigenvalue weighted by Gasteiger charge is 2.75. The highest BCUT2D eigenvalue weighted by Crippen LogP contribution is 2.48. The molecule has 0 spiro atoms. The van der Waals surface area contributed by atoms with Gasteiger partial charge in [-0.2, -0.15) is 39.5 Å². The topological polar surface area (TPSA) is 12.5 Å². The van der Waals surface area contributed by atoms with Gasteiger partial charge in [0.1, 0.15) is 0 Å². The molecule has 0 rings (SSSR count). The average molecular weight is 315 g/mol. The molecule has 0 radical (unpaired) electrons. The first-order chi connectivity index (χ1) is 8.24. The summed E-state index contributed by atoms with van der Waals surface area (Å²) < 4.78 is 137. The Kier molecular flexibility index (Phi) is 5.03. The Labute approximate surface area is 97.3 Å². The molecule has 0 fully saturated rings. The van der Waals surface area contributed by atoms with Crippen LogP contribution in [0.15, 0.2) is 0 Å². The van der Waals surface area contributed by atoms with Crippen LogP contribution < -0.4 is 0 Å². The van der Waals surface area contributed by atoms with Crippen LogP contribution in [-0.4, -0.2) is 42.9 Å². The van der Waals surface area contributed by atoms with E-state index in [1.54, 1.807) is 0 Å². The third kappa shape index (κ3) is 3.58. The van der Waals surface area contributed by atoms with Gasteiger partial charge in [0.2, 0.25) is 0 Å². The van der Waals surface area contributed by atoms with Gasteiger partial charge in [0.15, 0.2) is 13.5 Å². The Morgan fingerprint density at radius 2 is 1.21 bits per heavy atom. The second-order valence-electron chi connectivity index (χ2n) is 2.91. The van der Waals surface area contributed by atoms with Crippen molar-refractivity contribution in [2.75, 3.05) is 13.5 Å². The Morgan fingerprint density at radius 1 is 0.789 bits per heavy atom. The molecule has 116 valence electrons. The van der Waals surface area contributed by atoms with Gasteiger partial charge in [-0.1, -0.05) is 4.90 Å². The summed E-state index contributed by atoms with van der Waals surface area (Å²) in [6, 6.07) is -12.8. The lowest BCUT2D eigenvalue weighted by Gasteiger charge is -2.38. The lowest BCUT2D eigenvalue weighted by atomic mass is 10.4. The van der Waals surface area contributed by atoms with E-state index in [-0.39, 0.29) is 0 Å². The third-order valence-corrected chi connectivity index (χ3v) is 1.61. The van der Waals surface area contributed by atoms with Crippen LogP contribution in [0.5, 0.6) is 0 Å². The fourth-order valence-electron chi connectivity index (χ4n) is 0.895. The van der Waals surface area contributed by atoms with Gasteiger partial charge >= 0.3 is 24.5 Å². The molecule has 0 N–H and O–H groups in total. The third-order valence-electron chi connectivity index (χ3n) is 1.61. The van der Waals surface area contributed by atoms with E-state index in [2.05, 4.69) is 4.74 Å². The van der Waals surface area contributed by atoms with Crippen LogP contribution in [0.2, 0.25) is 0 Å². The molecule has 0 aromatic heterocycles. The SMILES string of the molecule is FCOC(F)(F)C(F)(F)N(C(F)(F)F)C(F)(F)CF. The highest BCUT2D eigenvalue weighted by atomic mass is 19.4. The van der Waals surface area contributed by atoms with Crippen molar-refractivity contribution >= 4 is 0 Å². The Hall–Kier alpha value is -0.850. The van der Waals surface area contributed by atoms with Gasteiger partial charge in [-0.05, 0) is 0 Å². The van der Waals surface area contributed by atoms with Crippen molar-refractivity contribution in [1.82, 2.24) is 4.90 Å². The Bertz CT molecular complexity index is 300. The van der Waals surface area contributed by atoms with Crippen LogP contribution in [-0.2, 0) is 4.74 Å². The predicted octanol–water partition coefficient (Wildman–Crippen LogP) is 3.50. The van der Waals surface area contributed by atoms with Crippen molar-refractivity contribution in [3.8, 4) is 0 Å². The summed E-state index contributed by atoms with van der Waals surface area (Å²) in [5.74, 6) is 0. The molecule has 2 nitrogen and oxygen atoms in total. The zero-order valence-corrected chi connectivity index (χ0v) is 8.43. The predicted molar refractivity (Wildman–Crippen MR) is 35.8 cm³/mol. The number of ether oxygens (including phenoxy) is 1. The number of rotatable bonds is 6. The van der Waals surface area contributed by atoms with E-state index in [0.29, 0.717) is 0 Å². The van der Waals surface area contributed by atoms with Gasteiger partial charge < -0.3 is 0 Å². The molecule has 0 atom stereocenters. The molecule has 0 aliphatic rings. The van der Waals surface area contributed by atoms with Crippen molar-refractivity contribution in [1.29, 1.82) is 0 Å². The van der Waals surface area contributed by atoms with E-state index in [1.807, 2.05) is 0 Å². The first-order valence-electron chi connectivity index (χ1n) is 4.00. The fourth-order valence-corrected chi connectivity index (χ4v) is 0.895. The van der Waals surface area contributed by atoms with E-state index in [4.69, 9.17) is 0 Å². The number of hydrogen-bond donors (Lipinski definition) is 0. The maximum absolute atomic E-state index is 12.7. The molecule has 0 aromatic rings. The Morgan fingerprint density at radius 3 is 1.47 bits per heavy atom. The minimum atomic E-state index is -6.75. The van der Waals surface area contributed by atoms with Gasteiger partial charge in [-0.25, -0.2) is 8.78 Å². The molecule has 0 saturated carbocycles. The van der Waals surface area contributed by atoms with Crippen molar-refractivity contribution in [3.05, 3.63) is 0 Å². The minimum absolute atomic E-state index is 2.36. The molecule has 0 unspecified atom stereocenters. The minimum Gasteiger partial charge on any atom is -0.282 e. The van der Waals surface area contributed by atoms with Crippen molar-refractivity contribution in [3.63, 3.8) is 0 Å². The molecule has 0 heterocycles. The van der Waals surface area contributed by atoms with Gasteiger partial charge in [-0.3, -0.25) is 4.74 Å². The largest absolute Gasteiger partial charge is 0.469 e. The van der Waals surface area contributed by atoms with E-state index < -0.39 is 42.9 Å². The number of nitrogens with zero attached hydrogens (tertiary/aromatic N) is 1. The van der Waals surface area contributed by atoms with E-state index >= 15 is 0 Å². The first-order valence-corrected chi connectivity index (χ1v) is 4.00. The molecule has 19 heavy (non-hydrogen) atoms. The van der Waals surface area contributed by atoms with Gasteiger partial charge in [0.05, 0.1) is 0 Å². The monoisotopic (exact) mass is 315 g/mol. The summed E-state index contributed by atoms with van der Waals surface area (Å²) >= 11 is 0. The molecular weight excluding hydrogens is 311 g/mol. The van der Waals surface area contributed by atoms with Gasteiger partial charge in [-0.15, -0.1) is 0 Å². The number of halogens is 11. The molecule has 13 heteroatoms. The summed E-state index contributed by atoms with van der Waals surface area (Å²) in [7, 11) is 0. The molecule has 0 aromatic carbocycles. The van der Waals surface area contributed by atoms with E-state index in [0.717, 1.165) is 0 Å². The Balaban J connectivity index is 5.75. The first kappa shape index (κ1) is 18.1. The quantitative estimate of drug-likeness (QED) is 0.549. The molecular formula is C6H4F11NO. The summed E-state index contributed by atoms with van der Waals surface area (Å²) in [5.41, 5.74) is 0. The van der Waals surface area contributed by atoms with Crippen molar-refractivity contribution in [2.45, 2.75) is 24.5 Å². The van der Waals surface area contributed by atoms with Gasteiger partial charge in [0, 0.05) is 0 Å². The zero-order valence-electron chi connectivity index (χ0n) is 8.43. The van der Waals surface area contributed by atoms with Crippen LogP contribution >= 0.6 is 0 Å². The zero-order chi connectivity index (χ0) is 15.7. The van der Waals surface area contributed by atoms with E-state index in [1.165, 1.54) is 0 Å². The number of hydrogen-bond acceptors (Lipinski definition) is 2. The van der Waals surface area contributed by atoms with Crippen LogP contribution in [0.3, 0.4) is 0 Å². The van der Waals surface area contributed by atoms with Crippen molar-refractivity contribution < 1.29 is 53.0 Å². The van der Waals surface area contributed by atoms with Gasteiger partial charge in [0.25, 0.3) is 0 Å². The summed E-state index contributed by atoms with van der Waals surface area (Å²) in [4.78, 5) is -3.33. The van der Waals surface area contributed by atoms with E-state index in [9.17, 15) is 48.3 Å². The standard InChI is InChI=1S/C6H4F11NO/c7-1-3(9,10)18(6(15,16)17)4(11,12)5(13,14)19-2-8/h1-2H2.